The fourth-order valence-electron chi connectivity index (χ4n) is 5.09. The Balaban J connectivity index is 1.64. The third-order valence-electron chi connectivity index (χ3n) is 6.49. The maximum absolute atomic E-state index is 14.6. The molecule has 9 heteroatoms. The van der Waals surface area contributed by atoms with Gasteiger partial charge in [-0.3, -0.25) is 0 Å². The van der Waals surface area contributed by atoms with Crippen LogP contribution in [-0.2, 0) is 4.74 Å². The van der Waals surface area contributed by atoms with E-state index in [1.807, 2.05) is 0 Å². The quantitative estimate of drug-likeness (QED) is 0.505. The Hall–Kier alpha value is -0.600. The molecule has 0 amide bonds. The summed E-state index contributed by atoms with van der Waals surface area (Å²) in [5.74, 6) is -4.88. The Morgan fingerprint density at radius 2 is 1.11 bits per heavy atom. The van der Waals surface area contributed by atoms with Gasteiger partial charge in [-0.2, -0.15) is 8.78 Å². The van der Waals surface area contributed by atoms with Crippen molar-refractivity contribution in [2.45, 2.75) is 101 Å². The van der Waals surface area contributed by atoms with E-state index in [9.17, 15) is 35.1 Å². The highest BCUT2D eigenvalue weighted by molar-refractivity contribution is 4.98. The summed E-state index contributed by atoms with van der Waals surface area (Å²) in [5.41, 5.74) is 0. The van der Waals surface area contributed by atoms with Crippen molar-refractivity contribution in [2.24, 2.45) is 17.8 Å². The van der Waals surface area contributed by atoms with E-state index >= 15 is 0 Å². The molecule has 0 bridgehead atoms. The first-order valence-corrected chi connectivity index (χ1v) is 9.98. The highest BCUT2D eigenvalue weighted by Crippen LogP contribution is 2.49. The molecule has 0 N–H and O–H groups in total. The first-order valence-electron chi connectivity index (χ1n) is 9.98. The molecule has 4 unspecified atom stereocenters. The van der Waals surface area contributed by atoms with Gasteiger partial charge in [0.2, 0.25) is 0 Å². The Kier molecular flexibility index (Phi) is 6.82. The maximum atomic E-state index is 14.6. The molecular formula is C19H26F8O. The highest BCUT2D eigenvalue weighted by atomic mass is 19.3. The lowest BCUT2D eigenvalue weighted by molar-refractivity contribution is -0.320. The van der Waals surface area contributed by atoms with Crippen LogP contribution in [0.4, 0.5) is 35.1 Å². The molecule has 0 saturated heterocycles. The third-order valence-corrected chi connectivity index (χ3v) is 6.49. The Labute approximate surface area is 159 Å². The van der Waals surface area contributed by atoms with Crippen LogP contribution >= 0.6 is 0 Å². The van der Waals surface area contributed by atoms with Crippen molar-refractivity contribution in [1.29, 1.82) is 0 Å². The lowest BCUT2D eigenvalue weighted by Gasteiger charge is -2.44. The first kappa shape index (κ1) is 22.1. The first-order chi connectivity index (χ1) is 13.1. The summed E-state index contributed by atoms with van der Waals surface area (Å²) >= 11 is 0. The minimum absolute atomic E-state index is 0.0412. The van der Waals surface area contributed by atoms with Gasteiger partial charge in [0.05, 0.1) is 6.10 Å². The largest absolute Gasteiger partial charge is 0.364 e. The van der Waals surface area contributed by atoms with Gasteiger partial charge < -0.3 is 4.74 Å². The van der Waals surface area contributed by atoms with Crippen molar-refractivity contribution in [3.63, 3.8) is 0 Å². The van der Waals surface area contributed by atoms with Crippen LogP contribution in [0.15, 0.2) is 0 Å². The molecule has 164 valence electrons. The Morgan fingerprint density at radius 1 is 0.607 bits per heavy atom. The second-order valence-electron chi connectivity index (χ2n) is 8.52. The lowest BCUT2D eigenvalue weighted by atomic mass is 9.67. The molecule has 0 aromatic carbocycles. The van der Waals surface area contributed by atoms with E-state index in [2.05, 4.69) is 4.74 Å². The minimum Gasteiger partial charge on any atom is -0.317 e. The normalized spacial score (nSPS) is 48.4. The molecule has 0 heterocycles. The average Bonchev–Trinajstić information content (AvgIpc) is 2.55. The van der Waals surface area contributed by atoms with Crippen molar-refractivity contribution in [1.82, 2.24) is 0 Å². The molecule has 1 nitrogen and oxygen atoms in total. The summed E-state index contributed by atoms with van der Waals surface area (Å²) < 4.78 is 117. The van der Waals surface area contributed by atoms with Gasteiger partial charge in [-0.15, -0.1) is 0 Å². The molecule has 0 spiro atoms. The predicted molar refractivity (Wildman–Crippen MR) is 86.6 cm³/mol. The predicted octanol–water partition coefficient (Wildman–Crippen LogP) is 6.00. The van der Waals surface area contributed by atoms with Gasteiger partial charge in [0, 0.05) is 18.8 Å². The molecule has 4 atom stereocenters. The van der Waals surface area contributed by atoms with E-state index < -0.39 is 92.7 Å². The fraction of sp³-hybridized carbons (Fsp3) is 1.00. The highest BCUT2D eigenvalue weighted by Gasteiger charge is 2.57. The van der Waals surface area contributed by atoms with Crippen molar-refractivity contribution < 1.29 is 39.9 Å². The number of hydrogen-bond donors (Lipinski definition) is 0. The van der Waals surface area contributed by atoms with Crippen LogP contribution < -0.4 is 0 Å². The summed E-state index contributed by atoms with van der Waals surface area (Å²) in [5, 5.41) is 0. The molecule has 28 heavy (non-hydrogen) atoms. The molecule has 0 aromatic rings. The van der Waals surface area contributed by atoms with Crippen LogP contribution in [0.1, 0.15) is 51.4 Å². The second-order valence-corrected chi connectivity index (χ2v) is 8.52. The molecule has 3 aliphatic rings. The van der Waals surface area contributed by atoms with Crippen molar-refractivity contribution in [2.75, 3.05) is 0 Å². The fourth-order valence-corrected chi connectivity index (χ4v) is 5.09. The van der Waals surface area contributed by atoms with Gasteiger partial charge in [0.1, 0.15) is 42.9 Å². The number of alkyl halides is 8. The van der Waals surface area contributed by atoms with Crippen LogP contribution in [0.5, 0.6) is 0 Å². The average molecular weight is 422 g/mol. The zero-order valence-corrected chi connectivity index (χ0v) is 15.4. The van der Waals surface area contributed by atoms with E-state index in [0.717, 1.165) is 0 Å². The van der Waals surface area contributed by atoms with Crippen molar-refractivity contribution in [3.8, 4) is 0 Å². The van der Waals surface area contributed by atoms with E-state index in [1.54, 1.807) is 0 Å². The zero-order chi connectivity index (χ0) is 20.6. The number of hydrogen-bond acceptors (Lipinski definition) is 1. The molecular weight excluding hydrogens is 396 g/mol. The van der Waals surface area contributed by atoms with E-state index in [4.69, 9.17) is 0 Å². The molecule has 3 fully saturated rings. The Morgan fingerprint density at radius 3 is 1.61 bits per heavy atom. The second kappa shape index (κ2) is 8.64. The van der Waals surface area contributed by atoms with Gasteiger partial charge in [-0.05, 0) is 44.4 Å². The monoisotopic (exact) mass is 422 g/mol. The summed E-state index contributed by atoms with van der Waals surface area (Å²) in [6, 6.07) is 0. The number of rotatable bonds is 4. The van der Waals surface area contributed by atoms with Crippen LogP contribution in [-0.4, -0.2) is 49.2 Å². The smallest absolute Gasteiger partial charge is 0.317 e. The number of halogens is 8. The molecule has 0 aromatic heterocycles. The molecule has 0 radical (unpaired) electrons. The van der Waals surface area contributed by atoms with Crippen LogP contribution in [0.2, 0.25) is 0 Å². The number of ether oxygens (including phenoxy) is 1. The van der Waals surface area contributed by atoms with E-state index in [-0.39, 0.29) is 25.7 Å². The summed E-state index contributed by atoms with van der Waals surface area (Å²) in [7, 11) is 0. The third kappa shape index (κ3) is 4.75. The van der Waals surface area contributed by atoms with Crippen LogP contribution in [0.3, 0.4) is 0 Å². The SMILES string of the molecule is FC1CCC(OC(F)(F)C2C(F)CC(C3C(F)CC(F)CC3F)CC2F)CC1. The Bertz CT molecular complexity index is 488. The van der Waals surface area contributed by atoms with Crippen LogP contribution in [0.25, 0.3) is 0 Å². The van der Waals surface area contributed by atoms with Crippen molar-refractivity contribution >= 4 is 0 Å². The topological polar surface area (TPSA) is 9.23 Å². The van der Waals surface area contributed by atoms with E-state index in [1.165, 1.54) is 0 Å². The zero-order valence-electron chi connectivity index (χ0n) is 15.4. The maximum Gasteiger partial charge on any atom is 0.364 e. The molecule has 3 saturated carbocycles. The van der Waals surface area contributed by atoms with E-state index in [0.29, 0.717) is 0 Å². The standard InChI is InChI=1S/C19H26F8O/c20-10-1-3-12(4-2-10)28-19(26,27)18-15(24)5-9(6-16(18)25)17-13(22)7-11(21)8-14(17)23/h9-18H,1-8H2. The molecule has 0 aliphatic heterocycles. The molecule has 3 aliphatic carbocycles. The minimum atomic E-state index is -4.10. The summed E-state index contributed by atoms with van der Waals surface area (Å²) in [4.78, 5) is 0. The summed E-state index contributed by atoms with van der Waals surface area (Å²) in [6.07, 6.45) is -18.4. The van der Waals surface area contributed by atoms with Gasteiger partial charge in [0.15, 0.2) is 0 Å². The van der Waals surface area contributed by atoms with Gasteiger partial charge >= 0.3 is 6.11 Å². The lowest BCUT2D eigenvalue weighted by Crippen LogP contribution is -2.52. The van der Waals surface area contributed by atoms with Crippen LogP contribution in [0, 0.1) is 17.8 Å². The van der Waals surface area contributed by atoms with Gasteiger partial charge in [-0.1, -0.05) is 0 Å². The molecule has 3 rings (SSSR count). The van der Waals surface area contributed by atoms with Gasteiger partial charge in [-0.25, -0.2) is 26.3 Å². The van der Waals surface area contributed by atoms with Crippen molar-refractivity contribution in [3.05, 3.63) is 0 Å². The van der Waals surface area contributed by atoms with Gasteiger partial charge in [0.25, 0.3) is 0 Å². The summed E-state index contributed by atoms with van der Waals surface area (Å²) in [6.45, 7) is 0.